The summed E-state index contributed by atoms with van der Waals surface area (Å²) in [5.74, 6) is 4.41. The predicted molar refractivity (Wildman–Crippen MR) is 109 cm³/mol. The van der Waals surface area contributed by atoms with Crippen LogP contribution < -0.4 is 10.6 Å². The third kappa shape index (κ3) is 4.56. The predicted octanol–water partition coefficient (Wildman–Crippen LogP) is 3.37. The summed E-state index contributed by atoms with van der Waals surface area (Å²) in [4.78, 5) is 9.54. The Labute approximate surface area is 167 Å². The zero-order valence-corrected chi connectivity index (χ0v) is 17.0. The molecular weight excluding hydrogens is 352 g/mol. The number of guanidine groups is 1. The van der Waals surface area contributed by atoms with Crippen molar-refractivity contribution >= 4 is 5.96 Å². The molecule has 28 heavy (non-hydrogen) atoms. The SMILES string of the molecule is Cc1nc2n(n1)CCCC2NC(=NCCc1ccco1)NC1CCCCC1C. The van der Waals surface area contributed by atoms with Crippen molar-refractivity contribution in [2.75, 3.05) is 6.54 Å². The normalized spacial score (nSPS) is 25.4. The highest BCUT2D eigenvalue weighted by Crippen LogP contribution is 2.25. The topological polar surface area (TPSA) is 80.3 Å². The number of hydrogen-bond acceptors (Lipinski definition) is 4. The molecule has 1 saturated carbocycles. The third-order valence-electron chi connectivity index (χ3n) is 5.93. The molecule has 7 nitrogen and oxygen atoms in total. The van der Waals surface area contributed by atoms with Crippen LogP contribution in [0.25, 0.3) is 0 Å². The van der Waals surface area contributed by atoms with Crippen LogP contribution in [0.15, 0.2) is 27.8 Å². The van der Waals surface area contributed by atoms with Gasteiger partial charge in [0.15, 0.2) is 5.96 Å². The van der Waals surface area contributed by atoms with E-state index in [1.54, 1.807) is 6.26 Å². The zero-order valence-electron chi connectivity index (χ0n) is 17.0. The van der Waals surface area contributed by atoms with Crippen LogP contribution in [0.5, 0.6) is 0 Å². The minimum absolute atomic E-state index is 0.156. The summed E-state index contributed by atoms with van der Waals surface area (Å²) in [5, 5.41) is 11.9. The Balaban J connectivity index is 1.47. The van der Waals surface area contributed by atoms with E-state index in [9.17, 15) is 0 Å². The quantitative estimate of drug-likeness (QED) is 0.610. The number of aliphatic imine (C=N–C) groups is 1. The lowest BCUT2D eigenvalue weighted by Crippen LogP contribution is -2.49. The second-order valence-corrected chi connectivity index (χ2v) is 8.15. The van der Waals surface area contributed by atoms with Gasteiger partial charge in [0.2, 0.25) is 0 Å². The largest absolute Gasteiger partial charge is 0.469 e. The molecule has 1 aliphatic carbocycles. The molecule has 0 aromatic carbocycles. The fourth-order valence-electron chi connectivity index (χ4n) is 4.34. The third-order valence-corrected chi connectivity index (χ3v) is 5.93. The molecule has 0 saturated heterocycles. The van der Waals surface area contributed by atoms with Gasteiger partial charge in [-0.15, -0.1) is 0 Å². The second-order valence-electron chi connectivity index (χ2n) is 8.15. The first-order valence-corrected chi connectivity index (χ1v) is 10.7. The highest BCUT2D eigenvalue weighted by Gasteiger charge is 2.27. The summed E-state index contributed by atoms with van der Waals surface area (Å²) in [5.41, 5.74) is 0. The summed E-state index contributed by atoms with van der Waals surface area (Å²) < 4.78 is 7.49. The highest BCUT2D eigenvalue weighted by atomic mass is 16.3. The summed E-state index contributed by atoms with van der Waals surface area (Å²) in [6.07, 6.45) is 9.80. The first kappa shape index (κ1) is 19.0. The molecule has 3 unspecified atom stereocenters. The Kier molecular flexibility index (Phi) is 5.98. The van der Waals surface area contributed by atoms with Gasteiger partial charge in [0.05, 0.1) is 12.3 Å². The average molecular weight is 385 g/mol. The van der Waals surface area contributed by atoms with E-state index in [1.165, 1.54) is 25.7 Å². The Hall–Kier alpha value is -2.31. The van der Waals surface area contributed by atoms with Crippen molar-refractivity contribution in [2.45, 2.75) is 77.4 Å². The summed E-state index contributed by atoms with van der Waals surface area (Å²) in [7, 11) is 0. The Bertz CT molecular complexity index is 781. The maximum atomic E-state index is 5.45. The number of furan rings is 1. The monoisotopic (exact) mass is 384 g/mol. The number of rotatable bonds is 5. The van der Waals surface area contributed by atoms with Crippen molar-refractivity contribution in [2.24, 2.45) is 10.9 Å². The molecule has 152 valence electrons. The number of nitrogens with zero attached hydrogens (tertiary/aromatic N) is 4. The maximum Gasteiger partial charge on any atom is 0.192 e. The molecule has 2 aromatic heterocycles. The van der Waals surface area contributed by atoms with Crippen molar-refractivity contribution in [3.63, 3.8) is 0 Å². The molecule has 1 fully saturated rings. The van der Waals surface area contributed by atoms with E-state index >= 15 is 0 Å². The van der Waals surface area contributed by atoms with Crippen LogP contribution in [-0.4, -0.2) is 33.3 Å². The molecule has 4 rings (SSSR count). The molecular formula is C21H32N6O. The van der Waals surface area contributed by atoms with Crippen LogP contribution in [-0.2, 0) is 13.0 Å². The number of hydrogen-bond donors (Lipinski definition) is 2. The molecule has 3 atom stereocenters. The number of nitrogens with one attached hydrogen (secondary N) is 2. The Morgan fingerprint density at radius 1 is 1.25 bits per heavy atom. The standard InChI is InChI=1S/C21H32N6O/c1-15-7-3-4-9-18(15)24-21(22-12-11-17-8-6-14-28-17)25-19-10-5-13-27-20(19)23-16(2)26-27/h6,8,14-15,18-19H,3-5,7,9-13H2,1-2H3,(H2,22,24,25). The van der Waals surface area contributed by atoms with Gasteiger partial charge in [-0.2, -0.15) is 5.10 Å². The van der Waals surface area contributed by atoms with Crippen LogP contribution in [0, 0.1) is 12.8 Å². The lowest BCUT2D eigenvalue weighted by atomic mass is 9.86. The number of aromatic nitrogens is 3. The first-order valence-electron chi connectivity index (χ1n) is 10.7. The second kappa shape index (κ2) is 8.80. The van der Waals surface area contributed by atoms with E-state index in [0.29, 0.717) is 18.5 Å². The maximum absolute atomic E-state index is 5.45. The van der Waals surface area contributed by atoms with Gasteiger partial charge in [-0.3, -0.25) is 4.99 Å². The molecule has 0 amide bonds. The lowest BCUT2D eigenvalue weighted by molar-refractivity contribution is 0.304. The van der Waals surface area contributed by atoms with Gasteiger partial charge < -0.3 is 15.1 Å². The van der Waals surface area contributed by atoms with Gasteiger partial charge in [0.1, 0.15) is 17.4 Å². The molecule has 2 aromatic rings. The van der Waals surface area contributed by atoms with Crippen LogP contribution in [0.1, 0.15) is 68.9 Å². The van der Waals surface area contributed by atoms with Crippen molar-refractivity contribution in [3.8, 4) is 0 Å². The molecule has 7 heteroatoms. The van der Waals surface area contributed by atoms with Gasteiger partial charge in [-0.05, 0) is 50.7 Å². The van der Waals surface area contributed by atoms with Crippen LogP contribution in [0.2, 0.25) is 0 Å². The number of fused-ring (bicyclic) bond motifs is 1. The summed E-state index contributed by atoms with van der Waals surface area (Å²) in [6.45, 7) is 5.95. The summed E-state index contributed by atoms with van der Waals surface area (Å²) >= 11 is 0. The molecule has 0 radical (unpaired) electrons. The molecule has 0 bridgehead atoms. The van der Waals surface area contributed by atoms with Gasteiger partial charge in [-0.25, -0.2) is 9.67 Å². The van der Waals surface area contributed by atoms with E-state index in [-0.39, 0.29) is 6.04 Å². The Morgan fingerprint density at radius 2 is 2.14 bits per heavy atom. The van der Waals surface area contributed by atoms with Crippen molar-refractivity contribution < 1.29 is 4.42 Å². The summed E-state index contributed by atoms with van der Waals surface area (Å²) in [6, 6.07) is 4.57. The van der Waals surface area contributed by atoms with Gasteiger partial charge >= 0.3 is 0 Å². The van der Waals surface area contributed by atoms with E-state index < -0.39 is 0 Å². The molecule has 2 N–H and O–H groups in total. The zero-order chi connectivity index (χ0) is 19.3. The van der Waals surface area contributed by atoms with Gasteiger partial charge in [0, 0.05) is 25.6 Å². The van der Waals surface area contributed by atoms with E-state index in [0.717, 1.165) is 49.2 Å². The lowest BCUT2D eigenvalue weighted by Gasteiger charge is -2.32. The van der Waals surface area contributed by atoms with E-state index in [4.69, 9.17) is 9.41 Å². The van der Waals surface area contributed by atoms with Gasteiger partial charge in [0.25, 0.3) is 0 Å². The van der Waals surface area contributed by atoms with Crippen LogP contribution >= 0.6 is 0 Å². The highest BCUT2D eigenvalue weighted by molar-refractivity contribution is 5.80. The van der Waals surface area contributed by atoms with Crippen molar-refractivity contribution in [1.82, 2.24) is 25.4 Å². The fourth-order valence-corrected chi connectivity index (χ4v) is 4.34. The van der Waals surface area contributed by atoms with Crippen molar-refractivity contribution in [1.29, 1.82) is 0 Å². The Morgan fingerprint density at radius 3 is 2.96 bits per heavy atom. The minimum Gasteiger partial charge on any atom is -0.469 e. The average Bonchev–Trinajstić information content (AvgIpc) is 3.32. The van der Waals surface area contributed by atoms with Crippen molar-refractivity contribution in [3.05, 3.63) is 35.8 Å². The fraction of sp³-hybridized carbons (Fsp3) is 0.667. The molecule has 3 heterocycles. The molecule has 1 aliphatic heterocycles. The van der Waals surface area contributed by atoms with E-state index in [2.05, 4.69) is 27.6 Å². The molecule has 2 aliphatic rings. The minimum atomic E-state index is 0.156. The van der Waals surface area contributed by atoms with Gasteiger partial charge in [-0.1, -0.05) is 19.8 Å². The first-order chi connectivity index (χ1) is 13.7. The van der Waals surface area contributed by atoms with E-state index in [1.807, 2.05) is 23.7 Å². The smallest absolute Gasteiger partial charge is 0.192 e. The molecule has 0 spiro atoms. The van der Waals surface area contributed by atoms with Crippen LogP contribution in [0.3, 0.4) is 0 Å². The number of aryl methyl sites for hydroxylation is 2. The van der Waals surface area contributed by atoms with Crippen LogP contribution in [0.4, 0.5) is 0 Å².